The molecule has 0 aliphatic carbocycles. The molecule has 1 aliphatic heterocycles. The van der Waals surface area contributed by atoms with Crippen molar-refractivity contribution in [1.82, 2.24) is 10.6 Å². The number of allylic oxidation sites excluding steroid dienone is 1. The van der Waals surface area contributed by atoms with E-state index >= 15 is 0 Å². The van der Waals surface area contributed by atoms with Crippen LogP contribution in [0.3, 0.4) is 0 Å². The van der Waals surface area contributed by atoms with Crippen molar-refractivity contribution in [3.8, 4) is 17.7 Å². The summed E-state index contributed by atoms with van der Waals surface area (Å²) in [6.45, 7) is 3.51. The number of hydrogen-bond donors (Lipinski definition) is 2. The number of carbonyl (C=O) groups is 1. The summed E-state index contributed by atoms with van der Waals surface area (Å²) < 4.78 is 16.4. The molecular formula is C23H23N5O6. The monoisotopic (exact) mass is 465 g/mol. The molecule has 0 saturated carbocycles. The number of nitrogens with one attached hydrogen (secondary N) is 2. The van der Waals surface area contributed by atoms with Gasteiger partial charge in [0, 0.05) is 5.70 Å². The number of benzene rings is 2. The van der Waals surface area contributed by atoms with Crippen LogP contribution in [-0.2, 0) is 16.1 Å². The van der Waals surface area contributed by atoms with Gasteiger partial charge in [-0.1, -0.05) is 30.3 Å². The molecule has 2 aromatic rings. The molecule has 2 aromatic carbocycles. The normalized spacial score (nSPS) is 14.9. The van der Waals surface area contributed by atoms with E-state index in [-0.39, 0.29) is 47.5 Å². The quantitative estimate of drug-likeness (QED) is 0.197. The van der Waals surface area contributed by atoms with Crippen molar-refractivity contribution >= 4 is 17.6 Å². The third-order valence-corrected chi connectivity index (χ3v) is 4.95. The number of ether oxygens (including phenoxy) is 3. The van der Waals surface area contributed by atoms with Crippen LogP contribution in [0.25, 0.3) is 0 Å². The molecule has 0 saturated heterocycles. The van der Waals surface area contributed by atoms with Crippen LogP contribution in [0.15, 0.2) is 58.7 Å². The Kier molecular flexibility index (Phi) is 7.66. The lowest BCUT2D eigenvalue weighted by molar-refractivity contribution is -0.385. The molecule has 11 nitrogen and oxygen atoms in total. The van der Waals surface area contributed by atoms with E-state index in [1.807, 2.05) is 30.3 Å². The summed E-state index contributed by atoms with van der Waals surface area (Å²) in [5.41, 5.74) is 1.04. The minimum atomic E-state index is -1.13. The van der Waals surface area contributed by atoms with E-state index in [4.69, 9.17) is 19.5 Å². The average molecular weight is 465 g/mol. The Morgan fingerprint density at radius 3 is 2.65 bits per heavy atom. The number of nitro groups is 1. The Labute approximate surface area is 195 Å². The van der Waals surface area contributed by atoms with Crippen LogP contribution < -0.4 is 20.1 Å². The summed E-state index contributed by atoms with van der Waals surface area (Å²) >= 11 is 0. The van der Waals surface area contributed by atoms with Gasteiger partial charge in [0.15, 0.2) is 17.7 Å². The third kappa shape index (κ3) is 5.24. The van der Waals surface area contributed by atoms with E-state index in [1.54, 1.807) is 20.0 Å². The third-order valence-electron chi connectivity index (χ3n) is 4.95. The summed E-state index contributed by atoms with van der Waals surface area (Å²) in [4.78, 5) is 28.5. The predicted octanol–water partition coefficient (Wildman–Crippen LogP) is 3.09. The highest BCUT2D eigenvalue weighted by atomic mass is 16.6. The molecule has 0 radical (unpaired) electrons. The van der Waals surface area contributed by atoms with Gasteiger partial charge >= 0.3 is 5.97 Å². The number of guanidine groups is 1. The van der Waals surface area contributed by atoms with Gasteiger partial charge in [0.1, 0.15) is 12.6 Å². The first kappa shape index (κ1) is 24.1. The highest BCUT2D eigenvalue weighted by Crippen LogP contribution is 2.42. The summed E-state index contributed by atoms with van der Waals surface area (Å²) in [6, 6.07) is 10.8. The number of esters is 1. The number of nitriles is 1. The zero-order chi connectivity index (χ0) is 24.7. The minimum absolute atomic E-state index is 0.0377. The van der Waals surface area contributed by atoms with Crippen molar-refractivity contribution in [3.05, 3.63) is 75.0 Å². The van der Waals surface area contributed by atoms with Crippen molar-refractivity contribution in [3.63, 3.8) is 0 Å². The van der Waals surface area contributed by atoms with Gasteiger partial charge in [-0.15, -0.1) is 0 Å². The Hall–Kier alpha value is -4.59. The van der Waals surface area contributed by atoms with Crippen LogP contribution in [0.1, 0.15) is 31.0 Å². The zero-order valence-electron chi connectivity index (χ0n) is 18.8. The second-order valence-electron chi connectivity index (χ2n) is 7.09. The molecule has 0 amide bonds. The molecular weight excluding hydrogens is 442 g/mol. The van der Waals surface area contributed by atoms with Crippen LogP contribution in [0.2, 0.25) is 0 Å². The van der Waals surface area contributed by atoms with Gasteiger partial charge < -0.3 is 19.5 Å². The van der Waals surface area contributed by atoms with E-state index in [0.717, 1.165) is 5.56 Å². The van der Waals surface area contributed by atoms with Gasteiger partial charge in [-0.25, -0.2) is 9.79 Å². The van der Waals surface area contributed by atoms with Gasteiger partial charge in [0.05, 0.1) is 35.8 Å². The number of nitro benzene ring substituents is 1. The van der Waals surface area contributed by atoms with Crippen molar-refractivity contribution < 1.29 is 23.9 Å². The molecule has 11 heteroatoms. The number of rotatable bonds is 8. The fourth-order valence-electron chi connectivity index (χ4n) is 3.44. The second kappa shape index (κ2) is 10.8. The molecule has 0 spiro atoms. The fourth-order valence-corrected chi connectivity index (χ4v) is 3.44. The van der Waals surface area contributed by atoms with E-state index in [0.29, 0.717) is 5.70 Å². The molecule has 1 aliphatic rings. The van der Waals surface area contributed by atoms with Crippen molar-refractivity contribution in [2.45, 2.75) is 26.5 Å². The Balaban J connectivity index is 2.11. The van der Waals surface area contributed by atoms with E-state index in [1.165, 1.54) is 19.2 Å². The lowest BCUT2D eigenvalue weighted by Crippen LogP contribution is -2.39. The van der Waals surface area contributed by atoms with Crippen LogP contribution in [-0.4, -0.2) is 30.6 Å². The molecule has 0 aromatic heterocycles. The van der Waals surface area contributed by atoms with Crippen LogP contribution in [0.5, 0.6) is 11.5 Å². The molecule has 0 bridgehead atoms. The lowest BCUT2D eigenvalue weighted by atomic mass is 9.94. The maximum absolute atomic E-state index is 12.7. The fraction of sp³-hybridized carbons (Fsp3) is 0.261. The maximum Gasteiger partial charge on any atom is 0.338 e. The molecule has 1 atom stereocenters. The summed E-state index contributed by atoms with van der Waals surface area (Å²) in [5.74, 6) is -0.264. The average Bonchev–Trinajstić information content (AvgIpc) is 2.82. The van der Waals surface area contributed by atoms with Crippen molar-refractivity contribution in [2.75, 3.05) is 13.7 Å². The second-order valence-corrected chi connectivity index (χ2v) is 7.09. The topological polar surface area (TPSA) is 148 Å². The van der Waals surface area contributed by atoms with Crippen LogP contribution in [0, 0.1) is 21.6 Å². The molecule has 176 valence electrons. The number of nitrogens with zero attached hydrogens (tertiary/aromatic N) is 3. The summed E-state index contributed by atoms with van der Waals surface area (Å²) in [6.07, 6.45) is 1.74. The molecule has 2 N–H and O–H groups in total. The summed E-state index contributed by atoms with van der Waals surface area (Å²) in [5, 5.41) is 26.2. The SMILES string of the molecule is CCOC(=O)C1=C(C)NC(NC#N)=N[C@H]1c1cc(OC)c(OCc2ccccc2)cc1[N+](=O)[O-]. The number of hydrogen-bond acceptors (Lipinski definition) is 10. The molecule has 0 fully saturated rings. The smallest absolute Gasteiger partial charge is 0.338 e. The Bertz CT molecular complexity index is 1190. The Morgan fingerprint density at radius 2 is 2.03 bits per heavy atom. The number of aliphatic imine (C=N–C) groups is 1. The summed E-state index contributed by atoms with van der Waals surface area (Å²) in [7, 11) is 1.40. The van der Waals surface area contributed by atoms with E-state index in [2.05, 4.69) is 15.6 Å². The van der Waals surface area contributed by atoms with Gasteiger partial charge in [-0.3, -0.25) is 15.4 Å². The zero-order valence-corrected chi connectivity index (χ0v) is 18.8. The van der Waals surface area contributed by atoms with Gasteiger partial charge in [0.2, 0.25) is 5.96 Å². The molecule has 0 unspecified atom stereocenters. The highest BCUT2D eigenvalue weighted by Gasteiger charge is 2.36. The minimum Gasteiger partial charge on any atom is -0.493 e. The van der Waals surface area contributed by atoms with E-state index < -0.39 is 16.9 Å². The number of carbonyl (C=O) groups excluding carboxylic acids is 1. The lowest BCUT2D eigenvalue weighted by Gasteiger charge is -2.25. The van der Waals surface area contributed by atoms with Gasteiger partial charge in [-0.2, -0.15) is 5.26 Å². The van der Waals surface area contributed by atoms with E-state index in [9.17, 15) is 14.9 Å². The predicted molar refractivity (Wildman–Crippen MR) is 122 cm³/mol. The highest BCUT2D eigenvalue weighted by molar-refractivity contribution is 5.96. The van der Waals surface area contributed by atoms with Crippen LogP contribution >= 0.6 is 0 Å². The van der Waals surface area contributed by atoms with Gasteiger partial charge in [-0.05, 0) is 25.5 Å². The molecule has 1 heterocycles. The largest absolute Gasteiger partial charge is 0.493 e. The Morgan fingerprint density at radius 1 is 1.29 bits per heavy atom. The first-order valence-corrected chi connectivity index (χ1v) is 10.3. The standard InChI is InChI=1S/C23H23N5O6/c1-4-33-22(29)20-14(2)26-23(25-13-24)27-21(20)16-10-18(32-3)19(11-17(16)28(30)31)34-12-15-8-6-5-7-9-15/h5-11,21H,4,12H2,1-3H3,(H2,25,26,27)/t21-/m0/s1. The van der Waals surface area contributed by atoms with Gasteiger partial charge in [0.25, 0.3) is 5.69 Å². The van der Waals surface area contributed by atoms with Crippen molar-refractivity contribution in [1.29, 1.82) is 5.26 Å². The van der Waals surface area contributed by atoms with Crippen molar-refractivity contribution in [2.24, 2.45) is 4.99 Å². The maximum atomic E-state index is 12.7. The first-order chi connectivity index (χ1) is 16.4. The molecule has 3 rings (SSSR count). The van der Waals surface area contributed by atoms with Crippen LogP contribution in [0.4, 0.5) is 5.69 Å². The molecule has 34 heavy (non-hydrogen) atoms. The number of methoxy groups -OCH3 is 1. The first-order valence-electron chi connectivity index (χ1n) is 10.3.